The molecule has 0 saturated heterocycles. The van der Waals surface area contributed by atoms with Gasteiger partial charge in [0.2, 0.25) is 5.95 Å². The van der Waals surface area contributed by atoms with Crippen LogP contribution >= 0.6 is 15.9 Å². The number of rotatable bonds is 7. The van der Waals surface area contributed by atoms with Gasteiger partial charge in [-0.05, 0) is 67.1 Å². The fraction of sp³-hybridized carbons (Fsp3) is 0.160. The Morgan fingerprint density at radius 2 is 1.79 bits per heavy atom. The van der Waals surface area contributed by atoms with Gasteiger partial charge >= 0.3 is 6.18 Å². The van der Waals surface area contributed by atoms with E-state index in [1.54, 1.807) is 22.9 Å². The fourth-order valence-electron chi connectivity index (χ4n) is 3.44. The molecule has 0 atom stereocenters. The second-order valence-electron chi connectivity index (χ2n) is 7.42. The minimum Gasteiger partial charge on any atom is -0.494 e. The van der Waals surface area contributed by atoms with Gasteiger partial charge in [0, 0.05) is 22.8 Å². The number of nitrogens with zero attached hydrogens (tertiary/aromatic N) is 2. The quantitative estimate of drug-likeness (QED) is 0.250. The minimum absolute atomic E-state index is 0.0390. The second kappa shape index (κ2) is 9.89. The van der Waals surface area contributed by atoms with Crippen LogP contribution in [0.1, 0.15) is 18.1 Å². The van der Waals surface area contributed by atoms with E-state index in [-0.39, 0.29) is 11.0 Å². The lowest BCUT2D eigenvalue weighted by Crippen LogP contribution is -2.09. The Morgan fingerprint density at radius 3 is 2.44 bits per heavy atom. The third kappa shape index (κ3) is 5.41. The molecule has 1 heterocycles. The highest BCUT2D eigenvalue weighted by Crippen LogP contribution is 2.35. The average molecular weight is 534 g/mol. The van der Waals surface area contributed by atoms with Crippen molar-refractivity contribution in [3.63, 3.8) is 0 Å². The standard InChI is InChI=1S/C25H20BrF4N3O/c1-2-34-20-9-7-17(8-10-20)23-15-33(19-5-3-4-18(27)13-19)24(32-23)31-14-16-6-11-21(22(26)12-16)25(28,29)30/h3-13,15H,2,14H2,1H3,(H,31,32). The summed E-state index contributed by atoms with van der Waals surface area (Å²) in [4.78, 5) is 4.65. The first kappa shape index (κ1) is 23.8. The van der Waals surface area contributed by atoms with Crippen molar-refractivity contribution in [2.45, 2.75) is 19.6 Å². The van der Waals surface area contributed by atoms with E-state index in [2.05, 4.69) is 26.2 Å². The summed E-state index contributed by atoms with van der Waals surface area (Å²) in [6, 6.07) is 17.3. The zero-order chi connectivity index (χ0) is 24.3. The molecule has 3 aromatic carbocycles. The molecule has 0 aliphatic heterocycles. The average Bonchev–Trinajstić information content (AvgIpc) is 3.22. The van der Waals surface area contributed by atoms with Crippen molar-refractivity contribution >= 4 is 21.9 Å². The molecule has 0 amide bonds. The molecule has 0 unspecified atom stereocenters. The molecule has 0 fully saturated rings. The first-order valence-corrected chi connectivity index (χ1v) is 11.2. The van der Waals surface area contributed by atoms with Gasteiger partial charge in [-0.3, -0.25) is 4.57 Å². The van der Waals surface area contributed by atoms with E-state index in [0.717, 1.165) is 17.4 Å². The number of alkyl halides is 3. The van der Waals surface area contributed by atoms with Gasteiger partial charge in [0.25, 0.3) is 0 Å². The topological polar surface area (TPSA) is 39.1 Å². The molecule has 176 valence electrons. The molecule has 1 aromatic heterocycles. The van der Waals surface area contributed by atoms with Crippen molar-refractivity contribution in [3.8, 4) is 22.7 Å². The van der Waals surface area contributed by atoms with Crippen molar-refractivity contribution < 1.29 is 22.3 Å². The van der Waals surface area contributed by atoms with Crippen molar-refractivity contribution in [2.24, 2.45) is 0 Å². The predicted octanol–water partition coefficient (Wildman–Crippen LogP) is 7.47. The minimum atomic E-state index is -4.44. The zero-order valence-electron chi connectivity index (χ0n) is 18.0. The lowest BCUT2D eigenvalue weighted by atomic mass is 10.1. The van der Waals surface area contributed by atoms with Gasteiger partial charge in [0.05, 0.1) is 23.6 Å². The van der Waals surface area contributed by atoms with E-state index in [1.807, 2.05) is 31.2 Å². The van der Waals surface area contributed by atoms with Crippen molar-refractivity contribution in [1.82, 2.24) is 9.55 Å². The molecular weight excluding hydrogens is 514 g/mol. The maximum absolute atomic E-state index is 13.9. The Hall–Kier alpha value is -3.33. The van der Waals surface area contributed by atoms with Gasteiger partial charge in [-0.1, -0.05) is 28.1 Å². The predicted molar refractivity (Wildman–Crippen MR) is 127 cm³/mol. The van der Waals surface area contributed by atoms with Crippen LogP contribution in [-0.2, 0) is 12.7 Å². The summed E-state index contributed by atoms with van der Waals surface area (Å²) in [6.45, 7) is 2.68. The molecule has 0 bridgehead atoms. The monoisotopic (exact) mass is 533 g/mol. The summed E-state index contributed by atoms with van der Waals surface area (Å²) < 4.78 is 60.2. The molecule has 4 rings (SSSR count). The highest BCUT2D eigenvalue weighted by molar-refractivity contribution is 9.10. The molecule has 9 heteroatoms. The SMILES string of the molecule is CCOc1ccc(-c2cn(-c3cccc(F)c3)c(NCc3ccc(C(F)(F)F)c(Br)c3)n2)cc1. The van der Waals surface area contributed by atoms with Crippen molar-refractivity contribution in [2.75, 3.05) is 11.9 Å². The third-order valence-corrected chi connectivity index (χ3v) is 5.70. The molecule has 0 spiro atoms. The van der Waals surface area contributed by atoms with Gasteiger partial charge in [-0.25, -0.2) is 9.37 Å². The second-order valence-corrected chi connectivity index (χ2v) is 8.28. The molecule has 4 nitrogen and oxygen atoms in total. The number of anilines is 1. The Kier molecular flexibility index (Phi) is 6.92. The Morgan fingerprint density at radius 1 is 1.03 bits per heavy atom. The zero-order valence-corrected chi connectivity index (χ0v) is 19.6. The van der Waals surface area contributed by atoms with Crippen LogP contribution in [0.2, 0.25) is 0 Å². The number of ether oxygens (including phenoxy) is 1. The van der Waals surface area contributed by atoms with Gasteiger partial charge in [0.15, 0.2) is 0 Å². The van der Waals surface area contributed by atoms with Gasteiger partial charge in [-0.15, -0.1) is 0 Å². The summed E-state index contributed by atoms with van der Waals surface area (Å²) in [7, 11) is 0. The van der Waals surface area contributed by atoms with E-state index in [0.29, 0.717) is 29.5 Å². The first-order valence-electron chi connectivity index (χ1n) is 10.4. The Bertz CT molecular complexity index is 1290. The van der Waals surface area contributed by atoms with Crippen LogP contribution in [0.15, 0.2) is 77.4 Å². The molecule has 4 aromatic rings. The van der Waals surface area contributed by atoms with Crippen LogP contribution < -0.4 is 10.1 Å². The van der Waals surface area contributed by atoms with Crippen LogP contribution in [0.4, 0.5) is 23.5 Å². The van der Waals surface area contributed by atoms with Crippen LogP contribution in [0.3, 0.4) is 0 Å². The fourth-order valence-corrected chi connectivity index (χ4v) is 4.09. The number of hydrogen-bond acceptors (Lipinski definition) is 3. The van der Waals surface area contributed by atoms with E-state index in [9.17, 15) is 17.6 Å². The van der Waals surface area contributed by atoms with Crippen LogP contribution in [0, 0.1) is 5.82 Å². The number of aromatic nitrogens is 2. The van der Waals surface area contributed by atoms with Gasteiger partial charge in [0.1, 0.15) is 11.6 Å². The van der Waals surface area contributed by atoms with Crippen LogP contribution in [0.5, 0.6) is 5.75 Å². The Balaban J connectivity index is 1.64. The first-order chi connectivity index (χ1) is 16.2. The normalized spacial score (nSPS) is 11.5. The van der Waals surface area contributed by atoms with E-state index in [1.165, 1.54) is 24.3 Å². The smallest absolute Gasteiger partial charge is 0.417 e. The molecule has 0 aliphatic rings. The van der Waals surface area contributed by atoms with Crippen LogP contribution in [-0.4, -0.2) is 16.2 Å². The number of hydrogen-bond donors (Lipinski definition) is 1. The maximum Gasteiger partial charge on any atom is 0.417 e. The van der Waals surface area contributed by atoms with Crippen molar-refractivity contribution in [3.05, 3.63) is 94.3 Å². The highest BCUT2D eigenvalue weighted by atomic mass is 79.9. The maximum atomic E-state index is 13.9. The highest BCUT2D eigenvalue weighted by Gasteiger charge is 2.32. The lowest BCUT2D eigenvalue weighted by Gasteiger charge is -2.12. The molecule has 1 N–H and O–H groups in total. The molecular formula is C25H20BrF4N3O. The number of halogens is 5. The van der Waals surface area contributed by atoms with E-state index >= 15 is 0 Å². The molecule has 0 aliphatic carbocycles. The lowest BCUT2D eigenvalue weighted by molar-refractivity contribution is -0.138. The van der Waals surface area contributed by atoms with Gasteiger partial charge in [-0.2, -0.15) is 13.2 Å². The van der Waals surface area contributed by atoms with E-state index in [4.69, 9.17) is 4.74 Å². The summed E-state index contributed by atoms with van der Waals surface area (Å²) in [6.07, 6.45) is -2.67. The van der Waals surface area contributed by atoms with Gasteiger partial charge < -0.3 is 10.1 Å². The van der Waals surface area contributed by atoms with E-state index < -0.39 is 17.6 Å². The largest absolute Gasteiger partial charge is 0.494 e. The summed E-state index contributed by atoms with van der Waals surface area (Å²) in [5.74, 6) is 0.763. The third-order valence-electron chi connectivity index (χ3n) is 5.04. The number of benzene rings is 3. The Labute approximate surface area is 202 Å². The van der Waals surface area contributed by atoms with Crippen LogP contribution in [0.25, 0.3) is 16.9 Å². The molecule has 0 radical (unpaired) electrons. The summed E-state index contributed by atoms with van der Waals surface area (Å²) >= 11 is 3.00. The summed E-state index contributed by atoms with van der Waals surface area (Å²) in [5, 5.41) is 3.16. The van der Waals surface area contributed by atoms with Crippen molar-refractivity contribution in [1.29, 1.82) is 0 Å². The number of imidazole rings is 1. The summed E-state index contributed by atoms with van der Waals surface area (Å²) in [5.41, 5.74) is 1.91. The molecule has 34 heavy (non-hydrogen) atoms. The number of nitrogens with one attached hydrogen (secondary N) is 1. The molecule has 0 saturated carbocycles.